The van der Waals surface area contributed by atoms with Crippen molar-refractivity contribution in [2.75, 3.05) is 12.3 Å². The third kappa shape index (κ3) is 2.35. The average molecular weight is 284 g/mol. The highest BCUT2D eigenvalue weighted by atomic mass is 16.5. The molecular formula is C15H16N4O2. The maximum absolute atomic E-state index is 5.96. The maximum atomic E-state index is 5.96. The molecule has 6 heteroatoms. The Bertz CT molecular complexity index is 743. The van der Waals surface area contributed by atoms with Crippen molar-refractivity contribution in [3.8, 4) is 28.2 Å². The minimum absolute atomic E-state index is 0.356. The summed E-state index contributed by atoms with van der Waals surface area (Å²) in [5, 5.41) is 10.8. The molecule has 6 nitrogen and oxygen atoms in total. The number of aryl methyl sites for hydroxylation is 1. The molecule has 0 aliphatic carbocycles. The zero-order chi connectivity index (χ0) is 14.8. The summed E-state index contributed by atoms with van der Waals surface area (Å²) in [7, 11) is 0. The number of nitrogens with two attached hydrogens (primary N) is 1. The van der Waals surface area contributed by atoms with Gasteiger partial charge in [-0.3, -0.25) is 5.10 Å². The smallest absolute Gasteiger partial charge is 0.180 e. The van der Waals surface area contributed by atoms with E-state index < -0.39 is 0 Å². The number of ether oxygens (including phenoxy) is 1. The van der Waals surface area contributed by atoms with Crippen molar-refractivity contribution in [1.29, 1.82) is 0 Å². The maximum Gasteiger partial charge on any atom is 0.180 e. The van der Waals surface area contributed by atoms with E-state index in [2.05, 4.69) is 15.4 Å². The summed E-state index contributed by atoms with van der Waals surface area (Å²) in [6.45, 7) is 4.50. The molecule has 0 fully saturated rings. The SMILES string of the molecule is CCOc1ccc(-c2c(N)noc2-c2cn[nH]c2C)cc1. The third-order valence-electron chi connectivity index (χ3n) is 3.25. The third-order valence-corrected chi connectivity index (χ3v) is 3.25. The van der Waals surface area contributed by atoms with Gasteiger partial charge in [0.1, 0.15) is 5.75 Å². The topological polar surface area (TPSA) is 90.0 Å². The Balaban J connectivity index is 2.06. The number of nitrogens with one attached hydrogen (secondary N) is 1. The van der Waals surface area contributed by atoms with Gasteiger partial charge in [0, 0.05) is 5.69 Å². The van der Waals surface area contributed by atoms with Crippen molar-refractivity contribution in [3.63, 3.8) is 0 Å². The largest absolute Gasteiger partial charge is 0.494 e. The van der Waals surface area contributed by atoms with Crippen molar-refractivity contribution >= 4 is 5.82 Å². The van der Waals surface area contributed by atoms with Gasteiger partial charge in [0.2, 0.25) is 0 Å². The Hall–Kier alpha value is -2.76. The van der Waals surface area contributed by atoms with E-state index in [0.717, 1.165) is 28.1 Å². The molecule has 0 atom stereocenters. The molecular weight excluding hydrogens is 268 g/mol. The molecule has 0 unspecified atom stereocenters. The Kier molecular flexibility index (Phi) is 3.35. The Morgan fingerprint density at radius 3 is 2.67 bits per heavy atom. The van der Waals surface area contributed by atoms with Crippen molar-refractivity contribution < 1.29 is 9.26 Å². The molecule has 0 aliphatic rings. The number of hydrogen-bond donors (Lipinski definition) is 2. The summed E-state index contributed by atoms with van der Waals surface area (Å²) in [5.41, 5.74) is 9.40. The lowest BCUT2D eigenvalue weighted by Crippen LogP contribution is -1.92. The molecule has 2 aromatic heterocycles. The second kappa shape index (κ2) is 5.32. The minimum atomic E-state index is 0.356. The van der Waals surface area contributed by atoms with Crippen LogP contribution in [0.5, 0.6) is 5.75 Å². The molecule has 21 heavy (non-hydrogen) atoms. The number of aromatic nitrogens is 3. The van der Waals surface area contributed by atoms with Crippen molar-refractivity contribution in [1.82, 2.24) is 15.4 Å². The quantitative estimate of drug-likeness (QED) is 0.768. The van der Waals surface area contributed by atoms with Crippen LogP contribution in [0.1, 0.15) is 12.6 Å². The number of anilines is 1. The number of benzene rings is 1. The van der Waals surface area contributed by atoms with Crippen molar-refractivity contribution in [3.05, 3.63) is 36.2 Å². The Morgan fingerprint density at radius 1 is 1.29 bits per heavy atom. The average Bonchev–Trinajstić information content (AvgIpc) is 3.06. The first-order valence-corrected chi connectivity index (χ1v) is 6.69. The molecule has 0 saturated carbocycles. The molecule has 0 radical (unpaired) electrons. The lowest BCUT2D eigenvalue weighted by Gasteiger charge is -2.05. The van der Waals surface area contributed by atoms with Gasteiger partial charge in [0.15, 0.2) is 11.6 Å². The summed E-state index contributed by atoms with van der Waals surface area (Å²) in [6.07, 6.45) is 1.70. The normalized spacial score (nSPS) is 10.8. The van der Waals surface area contributed by atoms with Crippen LogP contribution in [0.25, 0.3) is 22.5 Å². The Morgan fingerprint density at radius 2 is 2.05 bits per heavy atom. The number of rotatable bonds is 4. The molecule has 0 amide bonds. The van der Waals surface area contributed by atoms with Gasteiger partial charge in [-0.1, -0.05) is 17.3 Å². The lowest BCUT2D eigenvalue weighted by atomic mass is 10.0. The van der Waals surface area contributed by atoms with Crippen LogP contribution in [0.15, 0.2) is 35.0 Å². The second-order valence-electron chi connectivity index (χ2n) is 4.64. The minimum Gasteiger partial charge on any atom is -0.494 e. The van der Waals surface area contributed by atoms with Gasteiger partial charge < -0.3 is 15.0 Å². The predicted octanol–water partition coefficient (Wildman–Crippen LogP) is 3.02. The molecule has 3 rings (SSSR count). The molecule has 0 saturated heterocycles. The van der Waals surface area contributed by atoms with E-state index in [4.69, 9.17) is 15.0 Å². The van der Waals surface area contributed by atoms with E-state index in [9.17, 15) is 0 Å². The fourth-order valence-electron chi connectivity index (χ4n) is 2.23. The van der Waals surface area contributed by atoms with Gasteiger partial charge in [-0.25, -0.2) is 0 Å². The van der Waals surface area contributed by atoms with Crippen LogP contribution in [-0.2, 0) is 0 Å². The number of hydrogen-bond acceptors (Lipinski definition) is 5. The van der Waals surface area contributed by atoms with Crippen molar-refractivity contribution in [2.45, 2.75) is 13.8 Å². The van der Waals surface area contributed by atoms with Gasteiger partial charge in [-0.2, -0.15) is 5.10 Å². The molecule has 0 aliphatic heterocycles. The van der Waals surface area contributed by atoms with E-state index in [0.29, 0.717) is 18.2 Å². The molecule has 0 spiro atoms. The van der Waals surface area contributed by atoms with Crippen LogP contribution in [-0.4, -0.2) is 22.0 Å². The molecule has 3 N–H and O–H groups in total. The highest BCUT2D eigenvalue weighted by Crippen LogP contribution is 2.37. The van der Waals surface area contributed by atoms with Gasteiger partial charge in [-0.05, 0) is 31.5 Å². The van der Waals surface area contributed by atoms with Crippen molar-refractivity contribution in [2.24, 2.45) is 0 Å². The first kappa shape index (κ1) is 13.2. The first-order chi connectivity index (χ1) is 10.2. The Labute approximate surface area is 121 Å². The summed E-state index contributed by atoms with van der Waals surface area (Å²) in [4.78, 5) is 0. The first-order valence-electron chi connectivity index (χ1n) is 6.69. The molecule has 3 aromatic rings. The van der Waals surface area contributed by atoms with Crippen LogP contribution in [0.3, 0.4) is 0 Å². The predicted molar refractivity (Wildman–Crippen MR) is 79.8 cm³/mol. The highest BCUT2D eigenvalue weighted by molar-refractivity contribution is 5.87. The zero-order valence-corrected chi connectivity index (χ0v) is 11.9. The summed E-state index contributed by atoms with van der Waals surface area (Å²) in [5.74, 6) is 1.79. The number of aromatic amines is 1. The fraction of sp³-hybridized carbons (Fsp3) is 0.200. The highest BCUT2D eigenvalue weighted by Gasteiger charge is 2.20. The van der Waals surface area contributed by atoms with E-state index in [1.165, 1.54) is 0 Å². The molecule has 0 bridgehead atoms. The monoisotopic (exact) mass is 284 g/mol. The van der Waals surface area contributed by atoms with E-state index >= 15 is 0 Å². The number of nitrogen functional groups attached to an aromatic ring is 1. The van der Waals surface area contributed by atoms with Gasteiger partial charge in [0.25, 0.3) is 0 Å². The van der Waals surface area contributed by atoms with Crippen LogP contribution in [0, 0.1) is 6.92 Å². The summed E-state index contributed by atoms with van der Waals surface area (Å²) >= 11 is 0. The summed E-state index contributed by atoms with van der Waals surface area (Å²) < 4.78 is 10.8. The van der Waals surface area contributed by atoms with Crippen LogP contribution in [0.2, 0.25) is 0 Å². The van der Waals surface area contributed by atoms with Crippen LogP contribution < -0.4 is 10.5 Å². The van der Waals surface area contributed by atoms with E-state index in [-0.39, 0.29) is 0 Å². The molecule has 2 heterocycles. The van der Waals surface area contributed by atoms with Gasteiger partial charge in [0.05, 0.1) is 23.9 Å². The standard InChI is InChI=1S/C15H16N4O2/c1-3-20-11-6-4-10(5-7-11)13-14(21-19-15(13)16)12-8-17-18-9(12)2/h4-8H,3H2,1-2H3,(H2,16,19)(H,17,18). The zero-order valence-electron chi connectivity index (χ0n) is 11.9. The molecule has 1 aromatic carbocycles. The summed E-state index contributed by atoms with van der Waals surface area (Å²) in [6, 6.07) is 7.67. The second-order valence-corrected chi connectivity index (χ2v) is 4.64. The fourth-order valence-corrected chi connectivity index (χ4v) is 2.23. The van der Waals surface area contributed by atoms with Crippen LogP contribution >= 0.6 is 0 Å². The van der Waals surface area contributed by atoms with E-state index in [1.54, 1.807) is 6.20 Å². The lowest BCUT2D eigenvalue weighted by molar-refractivity contribution is 0.340. The van der Waals surface area contributed by atoms with Gasteiger partial charge >= 0.3 is 0 Å². The van der Waals surface area contributed by atoms with Crippen LogP contribution in [0.4, 0.5) is 5.82 Å². The van der Waals surface area contributed by atoms with Gasteiger partial charge in [-0.15, -0.1) is 0 Å². The number of nitrogens with zero attached hydrogens (tertiary/aromatic N) is 2. The molecule has 108 valence electrons. The van der Waals surface area contributed by atoms with E-state index in [1.807, 2.05) is 38.1 Å². The number of H-pyrrole nitrogens is 1.